The lowest BCUT2D eigenvalue weighted by Crippen LogP contribution is -2.41. The average molecular weight is 523 g/mol. The molecule has 6 rings (SSSR count). The fraction of sp³-hybridized carbons (Fsp3) is 0.250. The molecule has 1 amide bonds. The van der Waals surface area contributed by atoms with Gasteiger partial charge in [-0.05, 0) is 109 Å². The van der Waals surface area contributed by atoms with E-state index in [0.29, 0.717) is 17.5 Å². The average Bonchev–Trinajstić information content (AvgIpc) is 2.92. The highest BCUT2D eigenvalue weighted by atomic mass is 35.5. The number of rotatable bonds is 7. The Labute approximate surface area is 228 Å². The minimum atomic E-state index is -0.235. The van der Waals surface area contributed by atoms with Gasteiger partial charge in [-0.1, -0.05) is 29.8 Å². The van der Waals surface area contributed by atoms with E-state index in [1.807, 2.05) is 65.6 Å². The standard InChI is InChI=1S/C32H31ClN4O/c1-21(22-15-17-34-18-16-22)35-27-11-13-29(14-12-27)37-31(38)19-24-7-10-28(36-26-3-2-4-26)20-30(24)32(37)23-5-8-25(33)9-6-23/h5-18,20-21,26,32,35-36H,2-4,19H2,1H3. The van der Waals surface area contributed by atoms with Crippen molar-refractivity contribution in [2.75, 3.05) is 15.5 Å². The van der Waals surface area contributed by atoms with Gasteiger partial charge in [0, 0.05) is 46.6 Å². The van der Waals surface area contributed by atoms with Gasteiger partial charge >= 0.3 is 0 Å². The largest absolute Gasteiger partial charge is 0.382 e. The Morgan fingerprint density at radius 2 is 1.63 bits per heavy atom. The van der Waals surface area contributed by atoms with Crippen molar-refractivity contribution >= 4 is 34.6 Å². The van der Waals surface area contributed by atoms with Crippen molar-refractivity contribution in [1.29, 1.82) is 0 Å². The van der Waals surface area contributed by atoms with Crippen LogP contribution in [0.3, 0.4) is 0 Å². The van der Waals surface area contributed by atoms with Gasteiger partial charge in [-0.15, -0.1) is 0 Å². The first-order valence-corrected chi connectivity index (χ1v) is 13.7. The van der Waals surface area contributed by atoms with E-state index in [1.54, 1.807) is 12.4 Å². The summed E-state index contributed by atoms with van der Waals surface area (Å²) in [7, 11) is 0. The first kappa shape index (κ1) is 24.5. The molecule has 2 unspecified atom stereocenters. The maximum atomic E-state index is 13.6. The SMILES string of the molecule is CC(Nc1ccc(N2C(=O)Cc3ccc(NC4CCC4)cc3C2c2ccc(Cl)cc2)cc1)c1ccncc1. The Kier molecular flexibility index (Phi) is 6.77. The van der Waals surface area contributed by atoms with Crippen LogP contribution < -0.4 is 15.5 Å². The minimum absolute atomic E-state index is 0.0861. The Hall–Kier alpha value is -3.83. The van der Waals surface area contributed by atoms with Crippen LogP contribution in [0.5, 0.6) is 0 Å². The van der Waals surface area contributed by atoms with Crippen LogP contribution in [0.2, 0.25) is 5.02 Å². The van der Waals surface area contributed by atoms with Crippen molar-refractivity contribution in [3.8, 4) is 0 Å². The van der Waals surface area contributed by atoms with Crippen LogP contribution in [0, 0.1) is 0 Å². The van der Waals surface area contributed by atoms with Crippen molar-refractivity contribution in [3.63, 3.8) is 0 Å². The van der Waals surface area contributed by atoms with Gasteiger partial charge in [0.05, 0.1) is 12.5 Å². The third kappa shape index (κ3) is 4.99. The molecule has 0 radical (unpaired) electrons. The van der Waals surface area contributed by atoms with Crippen molar-refractivity contribution in [3.05, 3.63) is 119 Å². The smallest absolute Gasteiger partial charge is 0.232 e. The lowest BCUT2D eigenvalue weighted by molar-refractivity contribution is -0.118. The lowest BCUT2D eigenvalue weighted by atomic mass is 9.86. The second kappa shape index (κ2) is 10.5. The van der Waals surface area contributed by atoms with Gasteiger partial charge in [0.2, 0.25) is 5.91 Å². The van der Waals surface area contributed by atoms with Crippen LogP contribution in [0.4, 0.5) is 17.1 Å². The molecule has 0 bridgehead atoms. The molecule has 5 nitrogen and oxygen atoms in total. The molecule has 1 aliphatic heterocycles. The zero-order valence-corrected chi connectivity index (χ0v) is 22.2. The van der Waals surface area contributed by atoms with Gasteiger partial charge in [0.1, 0.15) is 0 Å². The van der Waals surface area contributed by atoms with Crippen LogP contribution in [-0.4, -0.2) is 16.9 Å². The number of nitrogens with one attached hydrogen (secondary N) is 2. The first-order valence-electron chi connectivity index (χ1n) is 13.3. The molecule has 1 aliphatic carbocycles. The topological polar surface area (TPSA) is 57.3 Å². The molecule has 6 heteroatoms. The fourth-order valence-corrected chi connectivity index (χ4v) is 5.52. The van der Waals surface area contributed by atoms with Gasteiger partial charge in [0.25, 0.3) is 0 Å². The van der Waals surface area contributed by atoms with E-state index in [4.69, 9.17) is 11.6 Å². The Morgan fingerprint density at radius 1 is 0.921 bits per heavy atom. The van der Waals surface area contributed by atoms with E-state index in [2.05, 4.69) is 40.7 Å². The van der Waals surface area contributed by atoms with E-state index in [0.717, 1.165) is 33.8 Å². The quantitative estimate of drug-likeness (QED) is 0.263. The second-order valence-corrected chi connectivity index (χ2v) is 10.7. The lowest BCUT2D eigenvalue weighted by Gasteiger charge is -2.38. The monoisotopic (exact) mass is 522 g/mol. The molecule has 1 aromatic heterocycles. The zero-order valence-electron chi connectivity index (χ0n) is 21.4. The van der Waals surface area contributed by atoms with Crippen LogP contribution in [-0.2, 0) is 11.2 Å². The number of carbonyl (C=O) groups is 1. The fourth-order valence-electron chi connectivity index (χ4n) is 5.39. The van der Waals surface area contributed by atoms with Gasteiger partial charge in [-0.25, -0.2) is 0 Å². The predicted octanol–water partition coefficient (Wildman–Crippen LogP) is 7.55. The van der Waals surface area contributed by atoms with Crippen LogP contribution >= 0.6 is 11.6 Å². The summed E-state index contributed by atoms with van der Waals surface area (Å²) in [5.41, 5.74) is 7.43. The second-order valence-electron chi connectivity index (χ2n) is 10.3. The van der Waals surface area contributed by atoms with E-state index in [-0.39, 0.29) is 18.0 Å². The molecule has 1 fully saturated rings. The number of nitrogens with zero attached hydrogens (tertiary/aromatic N) is 2. The number of anilines is 3. The van der Waals surface area contributed by atoms with Crippen molar-refractivity contribution in [2.24, 2.45) is 0 Å². The summed E-state index contributed by atoms with van der Waals surface area (Å²) in [6.07, 6.45) is 7.69. The summed E-state index contributed by atoms with van der Waals surface area (Å²) in [5, 5.41) is 7.91. The summed E-state index contributed by atoms with van der Waals surface area (Å²) >= 11 is 6.24. The summed E-state index contributed by atoms with van der Waals surface area (Å²) in [5.74, 6) is 0.0861. The molecule has 3 aromatic carbocycles. The van der Waals surface area contributed by atoms with E-state index < -0.39 is 0 Å². The number of benzene rings is 3. The van der Waals surface area contributed by atoms with E-state index in [9.17, 15) is 4.79 Å². The molecule has 2 N–H and O–H groups in total. The number of amides is 1. The minimum Gasteiger partial charge on any atom is -0.382 e. The molecule has 192 valence electrons. The van der Waals surface area contributed by atoms with Crippen LogP contribution in [0.15, 0.2) is 91.3 Å². The molecule has 4 aromatic rings. The summed E-state index contributed by atoms with van der Waals surface area (Å²) < 4.78 is 0. The number of fused-ring (bicyclic) bond motifs is 1. The van der Waals surface area contributed by atoms with Gasteiger partial charge in [-0.3, -0.25) is 9.78 Å². The van der Waals surface area contributed by atoms with Gasteiger partial charge in [-0.2, -0.15) is 0 Å². The maximum Gasteiger partial charge on any atom is 0.232 e. The van der Waals surface area contributed by atoms with Crippen molar-refractivity contribution in [2.45, 2.75) is 50.7 Å². The highest BCUT2D eigenvalue weighted by Crippen LogP contribution is 2.41. The van der Waals surface area contributed by atoms with Crippen LogP contribution in [0.25, 0.3) is 0 Å². The summed E-state index contributed by atoms with van der Waals surface area (Å²) in [6.45, 7) is 2.13. The number of halogens is 1. The molecular formula is C32H31ClN4O. The van der Waals surface area contributed by atoms with Crippen molar-refractivity contribution in [1.82, 2.24) is 4.98 Å². The normalized spacial score (nSPS) is 17.9. The van der Waals surface area contributed by atoms with E-state index >= 15 is 0 Å². The number of pyridine rings is 1. The Balaban J connectivity index is 1.33. The Morgan fingerprint density at radius 3 is 2.32 bits per heavy atom. The van der Waals surface area contributed by atoms with Gasteiger partial charge in [0.15, 0.2) is 0 Å². The first-order chi connectivity index (χ1) is 18.5. The highest BCUT2D eigenvalue weighted by Gasteiger charge is 2.35. The van der Waals surface area contributed by atoms with Crippen molar-refractivity contribution < 1.29 is 4.79 Å². The van der Waals surface area contributed by atoms with Crippen LogP contribution in [0.1, 0.15) is 60.5 Å². The maximum absolute atomic E-state index is 13.6. The molecule has 2 heterocycles. The highest BCUT2D eigenvalue weighted by molar-refractivity contribution is 6.30. The van der Waals surface area contributed by atoms with Gasteiger partial charge < -0.3 is 15.5 Å². The summed E-state index contributed by atoms with van der Waals surface area (Å²) in [4.78, 5) is 19.7. The number of aromatic nitrogens is 1. The number of carbonyl (C=O) groups excluding carboxylic acids is 1. The number of hydrogen-bond donors (Lipinski definition) is 2. The molecule has 0 spiro atoms. The molecule has 1 saturated carbocycles. The third-order valence-electron chi connectivity index (χ3n) is 7.71. The molecule has 0 saturated heterocycles. The number of hydrogen-bond acceptors (Lipinski definition) is 4. The molecular weight excluding hydrogens is 492 g/mol. The zero-order chi connectivity index (χ0) is 26.1. The third-order valence-corrected chi connectivity index (χ3v) is 7.96. The van der Waals surface area contributed by atoms with E-state index in [1.165, 1.54) is 24.8 Å². The summed E-state index contributed by atoms with van der Waals surface area (Å²) in [6, 6.07) is 26.9. The molecule has 2 aliphatic rings. The Bertz CT molecular complexity index is 1420. The predicted molar refractivity (Wildman–Crippen MR) is 155 cm³/mol. The molecule has 38 heavy (non-hydrogen) atoms. The molecule has 2 atom stereocenters.